The fraction of sp³-hybridized carbons (Fsp3) is 0.286. The van der Waals surface area contributed by atoms with Gasteiger partial charge in [0.05, 0.1) is 17.4 Å². The van der Waals surface area contributed by atoms with Crippen molar-refractivity contribution in [2.45, 2.75) is 12.5 Å². The van der Waals surface area contributed by atoms with Gasteiger partial charge in [-0.05, 0) is 5.56 Å². The smallest absolute Gasteiger partial charge is 0.228 e. The minimum atomic E-state index is -0.261. The van der Waals surface area contributed by atoms with Gasteiger partial charge in [0.2, 0.25) is 5.91 Å². The van der Waals surface area contributed by atoms with Crippen molar-refractivity contribution in [3.05, 3.63) is 36.5 Å². The van der Waals surface area contributed by atoms with E-state index in [2.05, 4.69) is 10.3 Å². The number of carbonyl (C=O) groups excluding carboxylic acids is 1. The molecule has 5 nitrogen and oxygen atoms in total. The van der Waals surface area contributed by atoms with Crippen LogP contribution >= 0.6 is 23.7 Å². The molecule has 0 saturated carbocycles. The van der Waals surface area contributed by atoms with E-state index < -0.39 is 0 Å². The maximum absolute atomic E-state index is 11.8. The minimum Gasteiger partial charge on any atom is -0.380 e. The van der Waals surface area contributed by atoms with Crippen LogP contribution in [0.25, 0.3) is 10.4 Å². The van der Waals surface area contributed by atoms with Gasteiger partial charge < -0.3 is 15.8 Å². The highest BCUT2D eigenvalue weighted by atomic mass is 35.5. The summed E-state index contributed by atoms with van der Waals surface area (Å²) < 4.78 is 5.08. The molecule has 0 bridgehead atoms. The minimum absolute atomic E-state index is 0. The van der Waals surface area contributed by atoms with E-state index in [-0.39, 0.29) is 30.8 Å². The molecule has 2 rings (SSSR count). The zero-order chi connectivity index (χ0) is 14.4. The largest absolute Gasteiger partial charge is 0.380 e. The highest BCUT2D eigenvalue weighted by Crippen LogP contribution is 2.28. The van der Waals surface area contributed by atoms with Crippen LogP contribution in [-0.2, 0) is 9.53 Å². The van der Waals surface area contributed by atoms with Crippen molar-refractivity contribution in [2.75, 3.05) is 19.0 Å². The summed E-state index contributed by atoms with van der Waals surface area (Å²) in [5, 5.41) is 3.35. The van der Waals surface area contributed by atoms with Crippen LogP contribution in [0.1, 0.15) is 6.42 Å². The SMILES string of the molecule is COC(CN)CC(=O)Nc1ncc(-c2ccccc2)s1.Cl. The first-order valence-corrected chi connectivity index (χ1v) is 7.08. The van der Waals surface area contributed by atoms with Crippen LogP contribution in [0, 0.1) is 0 Å². The van der Waals surface area contributed by atoms with E-state index in [4.69, 9.17) is 10.5 Å². The molecular formula is C14H18ClN3O2S. The Morgan fingerprint density at radius 2 is 2.14 bits per heavy atom. The number of thiazole rings is 1. The van der Waals surface area contributed by atoms with Crippen molar-refractivity contribution >= 4 is 34.8 Å². The zero-order valence-corrected chi connectivity index (χ0v) is 13.2. The molecule has 3 N–H and O–H groups in total. The van der Waals surface area contributed by atoms with Gasteiger partial charge >= 0.3 is 0 Å². The highest BCUT2D eigenvalue weighted by Gasteiger charge is 2.13. The summed E-state index contributed by atoms with van der Waals surface area (Å²) in [6.07, 6.45) is 1.73. The third-order valence-corrected chi connectivity index (χ3v) is 3.78. The second kappa shape index (κ2) is 8.74. The number of halogens is 1. The molecule has 0 aliphatic carbocycles. The van der Waals surface area contributed by atoms with Crippen LogP contribution in [0.5, 0.6) is 0 Å². The maximum Gasteiger partial charge on any atom is 0.228 e. The zero-order valence-electron chi connectivity index (χ0n) is 11.6. The highest BCUT2D eigenvalue weighted by molar-refractivity contribution is 7.19. The van der Waals surface area contributed by atoms with E-state index >= 15 is 0 Å². The van der Waals surface area contributed by atoms with Gasteiger partial charge in [-0.15, -0.1) is 12.4 Å². The molecule has 0 fully saturated rings. The molecule has 0 aliphatic heterocycles. The Morgan fingerprint density at radius 3 is 2.76 bits per heavy atom. The first-order valence-electron chi connectivity index (χ1n) is 6.27. The van der Waals surface area contributed by atoms with Gasteiger partial charge in [-0.1, -0.05) is 41.7 Å². The van der Waals surface area contributed by atoms with Crippen molar-refractivity contribution in [1.29, 1.82) is 0 Å². The summed E-state index contributed by atoms with van der Waals surface area (Å²) in [5.74, 6) is -0.142. The standard InChI is InChI=1S/C14H17N3O2S.ClH/c1-19-11(8-15)7-13(18)17-14-16-9-12(20-14)10-5-3-2-4-6-10;/h2-6,9,11H,7-8,15H2,1H3,(H,16,17,18);1H. The summed E-state index contributed by atoms with van der Waals surface area (Å²) in [4.78, 5) is 17.0. The summed E-state index contributed by atoms with van der Waals surface area (Å²) >= 11 is 1.44. The molecule has 0 spiro atoms. The normalized spacial score (nSPS) is 11.5. The topological polar surface area (TPSA) is 77.2 Å². The summed E-state index contributed by atoms with van der Waals surface area (Å²) in [5.41, 5.74) is 6.57. The van der Waals surface area contributed by atoms with E-state index in [0.29, 0.717) is 11.7 Å². The van der Waals surface area contributed by atoms with Gasteiger partial charge in [0.25, 0.3) is 0 Å². The molecule has 1 heterocycles. The second-order valence-electron chi connectivity index (χ2n) is 4.24. The van der Waals surface area contributed by atoms with Crippen LogP contribution < -0.4 is 11.1 Å². The van der Waals surface area contributed by atoms with Crippen molar-refractivity contribution in [3.8, 4) is 10.4 Å². The van der Waals surface area contributed by atoms with Gasteiger partial charge in [-0.2, -0.15) is 0 Å². The number of hydrogen-bond donors (Lipinski definition) is 2. The van der Waals surface area contributed by atoms with E-state index in [1.54, 1.807) is 13.3 Å². The number of nitrogens with two attached hydrogens (primary N) is 1. The number of benzene rings is 1. The fourth-order valence-electron chi connectivity index (χ4n) is 1.71. The Balaban J connectivity index is 0.00000220. The Kier molecular flexibility index (Phi) is 7.31. The second-order valence-corrected chi connectivity index (χ2v) is 5.27. The van der Waals surface area contributed by atoms with Crippen molar-refractivity contribution in [3.63, 3.8) is 0 Å². The Bertz CT molecular complexity index is 558. The molecule has 7 heteroatoms. The number of rotatable bonds is 6. The lowest BCUT2D eigenvalue weighted by atomic mass is 10.2. The van der Waals surface area contributed by atoms with Crippen molar-refractivity contribution in [2.24, 2.45) is 5.73 Å². The van der Waals surface area contributed by atoms with E-state index in [1.165, 1.54) is 11.3 Å². The number of nitrogens with zero attached hydrogens (tertiary/aromatic N) is 1. The molecule has 0 aliphatic rings. The number of carbonyl (C=O) groups is 1. The van der Waals surface area contributed by atoms with Crippen molar-refractivity contribution < 1.29 is 9.53 Å². The summed E-state index contributed by atoms with van der Waals surface area (Å²) in [7, 11) is 1.54. The van der Waals surface area contributed by atoms with Gasteiger partial charge in [0.15, 0.2) is 5.13 Å². The molecule has 1 unspecified atom stereocenters. The van der Waals surface area contributed by atoms with E-state index in [0.717, 1.165) is 10.4 Å². The van der Waals surface area contributed by atoms with Gasteiger partial charge in [-0.25, -0.2) is 4.98 Å². The van der Waals surface area contributed by atoms with Gasteiger partial charge in [0.1, 0.15) is 0 Å². The molecule has 1 aromatic carbocycles. The fourth-order valence-corrected chi connectivity index (χ4v) is 2.55. The summed E-state index contributed by atoms with van der Waals surface area (Å²) in [6.45, 7) is 0.317. The number of hydrogen-bond acceptors (Lipinski definition) is 5. The lowest BCUT2D eigenvalue weighted by Gasteiger charge is -2.11. The molecule has 2 aromatic rings. The average molecular weight is 328 g/mol. The van der Waals surface area contributed by atoms with E-state index in [9.17, 15) is 4.79 Å². The van der Waals surface area contributed by atoms with E-state index in [1.807, 2.05) is 30.3 Å². The third-order valence-electron chi connectivity index (χ3n) is 2.82. The number of anilines is 1. The molecule has 1 aromatic heterocycles. The van der Waals surface area contributed by atoms with Crippen molar-refractivity contribution in [1.82, 2.24) is 4.98 Å². The molecular weight excluding hydrogens is 310 g/mol. The maximum atomic E-state index is 11.8. The molecule has 0 saturated heterocycles. The molecule has 21 heavy (non-hydrogen) atoms. The van der Waals surface area contributed by atoms with Crippen LogP contribution in [0.4, 0.5) is 5.13 Å². The van der Waals surface area contributed by atoms with Gasteiger partial charge in [-0.3, -0.25) is 4.79 Å². The first kappa shape index (κ1) is 17.6. The Hall–Kier alpha value is -1.47. The number of methoxy groups -OCH3 is 1. The monoisotopic (exact) mass is 327 g/mol. The lowest BCUT2D eigenvalue weighted by molar-refractivity contribution is -0.118. The van der Waals surface area contributed by atoms with Crippen LogP contribution in [-0.4, -0.2) is 30.6 Å². The molecule has 114 valence electrons. The van der Waals surface area contributed by atoms with Crippen LogP contribution in [0.2, 0.25) is 0 Å². The molecule has 1 atom stereocenters. The number of amides is 1. The molecule has 0 radical (unpaired) electrons. The Labute approximate surface area is 133 Å². The lowest BCUT2D eigenvalue weighted by Crippen LogP contribution is -2.28. The molecule has 1 amide bonds. The average Bonchev–Trinajstić information content (AvgIpc) is 2.94. The number of ether oxygens (including phenoxy) is 1. The van der Waals surface area contributed by atoms with Crippen LogP contribution in [0.3, 0.4) is 0 Å². The predicted octanol–water partition coefficient (Wildman–Crippen LogP) is 2.53. The summed E-state index contributed by atoms with van der Waals surface area (Å²) in [6, 6.07) is 9.92. The Morgan fingerprint density at radius 1 is 1.43 bits per heavy atom. The number of aromatic nitrogens is 1. The predicted molar refractivity (Wildman–Crippen MR) is 87.9 cm³/mol. The quantitative estimate of drug-likeness (QED) is 0.854. The van der Waals surface area contributed by atoms with Gasteiger partial charge in [0, 0.05) is 19.9 Å². The number of nitrogens with one attached hydrogen (secondary N) is 1. The third kappa shape index (κ3) is 5.09. The van der Waals surface area contributed by atoms with Crippen LogP contribution in [0.15, 0.2) is 36.5 Å². The first-order chi connectivity index (χ1) is 9.72.